The highest BCUT2D eigenvalue weighted by Gasteiger charge is 2.35. The molecule has 0 unspecified atom stereocenters. The van der Waals surface area contributed by atoms with Crippen LogP contribution in [0.2, 0.25) is 0 Å². The largest absolute Gasteiger partial charge is 0.497 e. The Bertz CT molecular complexity index is 310. The third-order valence-electron chi connectivity index (χ3n) is 2.96. The van der Waals surface area contributed by atoms with E-state index in [0.29, 0.717) is 18.4 Å². The normalized spacial score (nSPS) is 23.6. The molecule has 3 heteroatoms. The summed E-state index contributed by atoms with van der Waals surface area (Å²) in [6.45, 7) is 1.28. The van der Waals surface area contributed by atoms with E-state index in [1.54, 1.807) is 7.11 Å². The molecule has 2 atom stereocenters. The maximum atomic E-state index is 8.90. The molecule has 0 spiro atoms. The van der Waals surface area contributed by atoms with E-state index in [0.717, 1.165) is 24.4 Å². The van der Waals surface area contributed by atoms with Gasteiger partial charge in [0.1, 0.15) is 5.75 Å². The van der Waals surface area contributed by atoms with Crippen molar-refractivity contribution in [3.8, 4) is 5.75 Å². The Kier molecular flexibility index (Phi) is 3.11. The number of ether oxygens (including phenoxy) is 1. The van der Waals surface area contributed by atoms with Crippen LogP contribution in [0.15, 0.2) is 24.3 Å². The molecule has 82 valence electrons. The molecule has 1 fully saturated rings. The molecule has 1 aliphatic carbocycles. The highest BCUT2D eigenvalue weighted by molar-refractivity contribution is 5.46. The number of hydrogen-bond acceptors (Lipinski definition) is 3. The SMILES string of the molecule is COc1ccc(NC[C@@H]2C[C@@H]2CO)cc1. The van der Waals surface area contributed by atoms with E-state index in [9.17, 15) is 0 Å². The van der Waals surface area contributed by atoms with Gasteiger partial charge < -0.3 is 15.2 Å². The summed E-state index contributed by atoms with van der Waals surface area (Å²) in [5.74, 6) is 2.05. The van der Waals surface area contributed by atoms with Crippen LogP contribution in [0.4, 0.5) is 5.69 Å². The predicted octanol–water partition coefficient (Wildman–Crippen LogP) is 1.74. The summed E-state index contributed by atoms with van der Waals surface area (Å²) in [7, 11) is 1.67. The topological polar surface area (TPSA) is 41.5 Å². The van der Waals surface area contributed by atoms with E-state index in [1.807, 2.05) is 24.3 Å². The molecule has 0 amide bonds. The second-order valence-corrected chi connectivity index (χ2v) is 4.05. The van der Waals surface area contributed by atoms with E-state index in [-0.39, 0.29) is 0 Å². The van der Waals surface area contributed by atoms with Gasteiger partial charge in [-0.25, -0.2) is 0 Å². The Morgan fingerprint density at radius 1 is 1.33 bits per heavy atom. The van der Waals surface area contributed by atoms with Crippen molar-refractivity contribution >= 4 is 5.69 Å². The molecule has 3 nitrogen and oxygen atoms in total. The Labute approximate surface area is 90.1 Å². The van der Waals surface area contributed by atoms with Gasteiger partial charge in [-0.2, -0.15) is 0 Å². The average Bonchev–Trinajstić information content (AvgIpc) is 3.06. The molecule has 1 aromatic rings. The van der Waals surface area contributed by atoms with Crippen LogP contribution >= 0.6 is 0 Å². The van der Waals surface area contributed by atoms with Crippen LogP contribution in [0.25, 0.3) is 0 Å². The van der Waals surface area contributed by atoms with Crippen molar-refractivity contribution in [3.05, 3.63) is 24.3 Å². The summed E-state index contributed by atoms with van der Waals surface area (Å²) in [6.07, 6.45) is 1.15. The summed E-state index contributed by atoms with van der Waals surface area (Å²) < 4.78 is 5.08. The van der Waals surface area contributed by atoms with Crippen LogP contribution < -0.4 is 10.1 Å². The number of methoxy groups -OCH3 is 1. The van der Waals surface area contributed by atoms with Crippen LogP contribution in [0, 0.1) is 11.8 Å². The molecular formula is C12H17NO2. The van der Waals surface area contributed by atoms with Crippen molar-refractivity contribution < 1.29 is 9.84 Å². The quantitative estimate of drug-likeness (QED) is 0.772. The Morgan fingerprint density at radius 2 is 2.07 bits per heavy atom. The van der Waals surface area contributed by atoms with Crippen molar-refractivity contribution in [2.75, 3.05) is 25.6 Å². The van der Waals surface area contributed by atoms with E-state index in [2.05, 4.69) is 5.32 Å². The minimum Gasteiger partial charge on any atom is -0.497 e. The molecule has 0 aliphatic heterocycles. The van der Waals surface area contributed by atoms with Gasteiger partial charge in [0.05, 0.1) is 7.11 Å². The minimum atomic E-state index is 0.328. The number of anilines is 1. The van der Waals surface area contributed by atoms with Crippen molar-refractivity contribution in [3.63, 3.8) is 0 Å². The lowest BCUT2D eigenvalue weighted by Gasteiger charge is -2.06. The predicted molar refractivity (Wildman–Crippen MR) is 60.2 cm³/mol. The Morgan fingerprint density at radius 3 is 2.60 bits per heavy atom. The van der Waals surface area contributed by atoms with Gasteiger partial charge in [0.2, 0.25) is 0 Å². The second kappa shape index (κ2) is 4.53. The van der Waals surface area contributed by atoms with Gasteiger partial charge in [0.25, 0.3) is 0 Å². The van der Waals surface area contributed by atoms with Crippen LogP contribution in [-0.4, -0.2) is 25.4 Å². The number of aliphatic hydroxyl groups is 1. The van der Waals surface area contributed by atoms with Gasteiger partial charge in [-0.15, -0.1) is 0 Å². The summed E-state index contributed by atoms with van der Waals surface area (Å²) >= 11 is 0. The lowest BCUT2D eigenvalue weighted by atomic mass is 10.2. The molecule has 0 radical (unpaired) electrons. The number of rotatable bonds is 5. The fourth-order valence-corrected chi connectivity index (χ4v) is 1.74. The van der Waals surface area contributed by atoms with E-state index in [4.69, 9.17) is 9.84 Å². The van der Waals surface area contributed by atoms with Gasteiger partial charge in [0.15, 0.2) is 0 Å². The second-order valence-electron chi connectivity index (χ2n) is 4.05. The van der Waals surface area contributed by atoms with E-state index < -0.39 is 0 Å². The highest BCUT2D eigenvalue weighted by atomic mass is 16.5. The third kappa shape index (κ3) is 2.63. The first-order chi connectivity index (χ1) is 7.33. The first kappa shape index (κ1) is 10.3. The average molecular weight is 207 g/mol. The molecular weight excluding hydrogens is 190 g/mol. The van der Waals surface area contributed by atoms with Crippen LogP contribution in [0.3, 0.4) is 0 Å². The number of benzene rings is 1. The lowest BCUT2D eigenvalue weighted by Crippen LogP contribution is -2.05. The molecule has 2 rings (SSSR count). The monoisotopic (exact) mass is 207 g/mol. The molecule has 0 saturated heterocycles. The van der Waals surface area contributed by atoms with Gasteiger partial charge in [-0.1, -0.05) is 0 Å². The zero-order valence-corrected chi connectivity index (χ0v) is 8.94. The standard InChI is InChI=1S/C12H17NO2/c1-15-12-4-2-11(3-5-12)13-7-9-6-10(9)8-14/h2-5,9-10,13-14H,6-8H2,1H3/t9-,10+/m0/s1. The molecule has 15 heavy (non-hydrogen) atoms. The van der Waals surface area contributed by atoms with Crippen LogP contribution in [0.5, 0.6) is 5.75 Å². The summed E-state index contributed by atoms with van der Waals surface area (Å²) in [6, 6.07) is 7.90. The number of aliphatic hydroxyl groups excluding tert-OH is 1. The highest BCUT2D eigenvalue weighted by Crippen LogP contribution is 2.37. The summed E-state index contributed by atoms with van der Waals surface area (Å²) in [4.78, 5) is 0. The van der Waals surface area contributed by atoms with Crippen molar-refractivity contribution in [1.82, 2.24) is 0 Å². The molecule has 1 aromatic carbocycles. The molecule has 0 aromatic heterocycles. The van der Waals surface area contributed by atoms with Crippen LogP contribution in [0.1, 0.15) is 6.42 Å². The first-order valence-corrected chi connectivity index (χ1v) is 5.32. The minimum absolute atomic E-state index is 0.328. The summed E-state index contributed by atoms with van der Waals surface area (Å²) in [5, 5.41) is 12.3. The number of hydrogen-bond donors (Lipinski definition) is 2. The zero-order chi connectivity index (χ0) is 10.7. The van der Waals surface area contributed by atoms with Gasteiger partial charge in [0, 0.05) is 18.8 Å². The fourth-order valence-electron chi connectivity index (χ4n) is 1.74. The van der Waals surface area contributed by atoms with Crippen molar-refractivity contribution in [1.29, 1.82) is 0 Å². The lowest BCUT2D eigenvalue weighted by molar-refractivity contribution is 0.270. The smallest absolute Gasteiger partial charge is 0.119 e. The molecule has 0 bridgehead atoms. The maximum Gasteiger partial charge on any atom is 0.119 e. The van der Waals surface area contributed by atoms with Crippen LogP contribution in [-0.2, 0) is 0 Å². The van der Waals surface area contributed by atoms with E-state index >= 15 is 0 Å². The van der Waals surface area contributed by atoms with Crippen molar-refractivity contribution in [2.24, 2.45) is 11.8 Å². The molecule has 0 heterocycles. The molecule has 1 saturated carbocycles. The number of nitrogens with one attached hydrogen (secondary N) is 1. The first-order valence-electron chi connectivity index (χ1n) is 5.32. The van der Waals surface area contributed by atoms with Gasteiger partial charge in [-0.05, 0) is 42.5 Å². The van der Waals surface area contributed by atoms with E-state index in [1.165, 1.54) is 0 Å². The molecule has 1 aliphatic rings. The fraction of sp³-hybridized carbons (Fsp3) is 0.500. The van der Waals surface area contributed by atoms with Crippen molar-refractivity contribution in [2.45, 2.75) is 6.42 Å². The Hall–Kier alpha value is -1.22. The molecule has 2 N–H and O–H groups in total. The Balaban J connectivity index is 1.79. The zero-order valence-electron chi connectivity index (χ0n) is 8.94. The maximum absolute atomic E-state index is 8.90. The summed E-state index contributed by atoms with van der Waals surface area (Å²) in [5.41, 5.74) is 1.11. The third-order valence-corrected chi connectivity index (χ3v) is 2.96. The van der Waals surface area contributed by atoms with Gasteiger partial charge in [-0.3, -0.25) is 0 Å². The van der Waals surface area contributed by atoms with Gasteiger partial charge >= 0.3 is 0 Å².